The van der Waals surface area contributed by atoms with E-state index in [4.69, 9.17) is 4.74 Å². The molecule has 1 amide bonds. The molecule has 116 valence electrons. The minimum Gasteiger partial charge on any atom is -0.463 e. The van der Waals surface area contributed by atoms with Crippen molar-refractivity contribution in [3.8, 4) is 11.6 Å². The smallest absolute Gasteiger partial charge is 0.263 e. The number of amides is 1. The van der Waals surface area contributed by atoms with Gasteiger partial charge < -0.3 is 9.64 Å². The molecular weight excluding hydrogens is 278 g/mol. The van der Waals surface area contributed by atoms with Crippen molar-refractivity contribution in [1.82, 2.24) is 14.7 Å². The number of nitrogens with zero attached hydrogens (tertiary/aromatic N) is 3. The molecule has 1 atom stereocenters. The minimum atomic E-state index is -0.504. The third-order valence-electron chi connectivity index (χ3n) is 3.93. The maximum Gasteiger partial charge on any atom is 0.263 e. The normalized spacial score (nSPS) is 15.8. The van der Waals surface area contributed by atoms with Crippen molar-refractivity contribution in [3.05, 3.63) is 42.1 Å². The van der Waals surface area contributed by atoms with E-state index in [1.165, 1.54) is 0 Å². The van der Waals surface area contributed by atoms with Crippen molar-refractivity contribution >= 4 is 5.91 Å². The van der Waals surface area contributed by atoms with Crippen LogP contribution in [0.2, 0.25) is 0 Å². The maximum atomic E-state index is 12.3. The first kappa shape index (κ1) is 14.6. The van der Waals surface area contributed by atoms with Crippen LogP contribution in [0.15, 0.2) is 36.5 Å². The van der Waals surface area contributed by atoms with E-state index in [1.54, 1.807) is 11.6 Å². The number of para-hydroxylation sites is 1. The van der Waals surface area contributed by atoms with Crippen LogP contribution in [0.4, 0.5) is 0 Å². The molecule has 0 saturated carbocycles. The molecule has 0 bridgehead atoms. The van der Waals surface area contributed by atoms with Crippen LogP contribution in [0, 0.1) is 6.92 Å². The number of carbonyl (C=O) groups is 1. The van der Waals surface area contributed by atoms with Gasteiger partial charge in [0.05, 0.1) is 5.69 Å². The molecule has 1 aromatic carbocycles. The van der Waals surface area contributed by atoms with E-state index in [-0.39, 0.29) is 5.91 Å². The first-order chi connectivity index (χ1) is 10.6. The molecule has 3 rings (SSSR count). The molecule has 1 unspecified atom stereocenters. The van der Waals surface area contributed by atoms with Gasteiger partial charge in [-0.05, 0) is 38.8 Å². The van der Waals surface area contributed by atoms with E-state index in [9.17, 15) is 4.79 Å². The van der Waals surface area contributed by atoms with Gasteiger partial charge in [0.25, 0.3) is 5.91 Å². The van der Waals surface area contributed by atoms with E-state index < -0.39 is 6.10 Å². The average molecular weight is 299 g/mol. The highest BCUT2D eigenvalue weighted by atomic mass is 16.5. The molecule has 22 heavy (non-hydrogen) atoms. The lowest BCUT2D eigenvalue weighted by atomic mass is 10.3. The van der Waals surface area contributed by atoms with Crippen LogP contribution in [0.5, 0.6) is 5.88 Å². The number of rotatable bonds is 4. The van der Waals surface area contributed by atoms with E-state index in [1.807, 2.05) is 48.4 Å². The van der Waals surface area contributed by atoms with Crippen LogP contribution in [0.3, 0.4) is 0 Å². The number of hydrogen-bond donors (Lipinski definition) is 0. The zero-order chi connectivity index (χ0) is 15.5. The Hall–Kier alpha value is -2.30. The Morgan fingerprint density at radius 2 is 1.91 bits per heavy atom. The molecule has 1 aliphatic heterocycles. The molecule has 1 saturated heterocycles. The van der Waals surface area contributed by atoms with Crippen LogP contribution >= 0.6 is 0 Å². The lowest BCUT2D eigenvalue weighted by Crippen LogP contribution is -2.38. The van der Waals surface area contributed by atoms with Gasteiger partial charge in [-0.2, -0.15) is 0 Å². The summed E-state index contributed by atoms with van der Waals surface area (Å²) in [4.78, 5) is 14.2. The van der Waals surface area contributed by atoms with Crippen LogP contribution < -0.4 is 4.74 Å². The zero-order valence-corrected chi connectivity index (χ0v) is 13.0. The second-order valence-corrected chi connectivity index (χ2v) is 5.69. The summed E-state index contributed by atoms with van der Waals surface area (Å²) >= 11 is 0. The summed E-state index contributed by atoms with van der Waals surface area (Å²) in [5.41, 5.74) is 1.89. The predicted molar refractivity (Wildman–Crippen MR) is 84.2 cm³/mol. The van der Waals surface area contributed by atoms with Crippen molar-refractivity contribution in [2.75, 3.05) is 13.1 Å². The summed E-state index contributed by atoms with van der Waals surface area (Å²) in [7, 11) is 0. The quantitative estimate of drug-likeness (QED) is 0.871. The maximum absolute atomic E-state index is 12.3. The Kier molecular flexibility index (Phi) is 4.13. The van der Waals surface area contributed by atoms with Crippen molar-refractivity contribution < 1.29 is 9.53 Å². The van der Waals surface area contributed by atoms with Gasteiger partial charge in [-0.3, -0.25) is 4.79 Å². The zero-order valence-electron chi connectivity index (χ0n) is 13.0. The Bertz CT molecular complexity index is 645. The molecule has 1 fully saturated rings. The Labute approximate surface area is 130 Å². The summed E-state index contributed by atoms with van der Waals surface area (Å²) in [5.74, 6) is 0.565. The Balaban J connectivity index is 1.72. The van der Waals surface area contributed by atoms with Crippen LogP contribution in [-0.2, 0) is 4.79 Å². The molecule has 2 heterocycles. The molecular formula is C17H21N3O2. The second kappa shape index (κ2) is 6.22. The molecule has 5 nitrogen and oxygen atoms in total. The monoisotopic (exact) mass is 299 g/mol. The number of ether oxygens (including phenoxy) is 1. The van der Waals surface area contributed by atoms with E-state index in [0.717, 1.165) is 37.2 Å². The minimum absolute atomic E-state index is 0.0474. The molecule has 0 spiro atoms. The molecule has 0 N–H and O–H groups in total. The second-order valence-electron chi connectivity index (χ2n) is 5.69. The van der Waals surface area contributed by atoms with Gasteiger partial charge in [0.15, 0.2) is 6.10 Å². The SMILES string of the molecule is Cc1cn(-c2ccccc2)nc1OC(C)C(=O)N1CCCC1. The van der Waals surface area contributed by atoms with Crippen LogP contribution in [0.25, 0.3) is 5.69 Å². The summed E-state index contributed by atoms with van der Waals surface area (Å²) < 4.78 is 7.57. The van der Waals surface area contributed by atoms with Gasteiger partial charge in [0.1, 0.15) is 0 Å². The lowest BCUT2D eigenvalue weighted by Gasteiger charge is -2.20. The largest absolute Gasteiger partial charge is 0.463 e. The summed E-state index contributed by atoms with van der Waals surface area (Å²) in [6.07, 6.45) is 3.58. The summed E-state index contributed by atoms with van der Waals surface area (Å²) in [6.45, 7) is 5.41. The number of aromatic nitrogens is 2. The molecule has 5 heteroatoms. The highest BCUT2D eigenvalue weighted by Gasteiger charge is 2.25. The molecule has 0 aliphatic carbocycles. The number of hydrogen-bond acceptors (Lipinski definition) is 3. The van der Waals surface area contributed by atoms with E-state index >= 15 is 0 Å². The number of likely N-dealkylation sites (tertiary alicyclic amines) is 1. The number of carbonyl (C=O) groups excluding carboxylic acids is 1. The van der Waals surface area contributed by atoms with Gasteiger partial charge in [-0.1, -0.05) is 18.2 Å². The number of aryl methyl sites for hydroxylation is 1. The van der Waals surface area contributed by atoms with Gasteiger partial charge >= 0.3 is 0 Å². The Morgan fingerprint density at radius 1 is 1.23 bits per heavy atom. The van der Waals surface area contributed by atoms with E-state index in [2.05, 4.69) is 5.10 Å². The van der Waals surface area contributed by atoms with Gasteiger partial charge in [0, 0.05) is 24.8 Å². The topological polar surface area (TPSA) is 47.4 Å². The fraction of sp³-hybridized carbons (Fsp3) is 0.412. The van der Waals surface area contributed by atoms with Crippen molar-refractivity contribution in [3.63, 3.8) is 0 Å². The number of benzene rings is 1. The molecule has 0 radical (unpaired) electrons. The Morgan fingerprint density at radius 3 is 2.59 bits per heavy atom. The van der Waals surface area contributed by atoms with Gasteiger partial charge in [0.2, 0.25) is 5.88 Å². The van der Waals surface area contributed by atoms with Gasteiger partial charge in [-0.25, -0.2) is 4.68 Å². The van der Waals surface area contributed by atoms with Gasteiger partial charge in [-0.15, -0.1) is 5.10 Å². The van der Waals surface area contributed by atoms with E-state index in [0.29, 0.717) is 5.88 Å². The van der Waals surface area contributed by atoms with Crippen molar-refractivity contribution in [1.29, 1.82) is 0 Å². The van der Waals surface area contributed by atoms with Crippen LogP contribution in [-0.4, -0.2) is 39.8 Å². The van der Waals surface area contributed by atoms with Crippen molar-refractivity contribution in [2.24, 2.45) is 0 Å². The first-order valence-corrected chi connectivity index (χ1v) is 7.72. The molecule has 1 aliphatic rings. The average Bonchev–Trinajstić information content (AvgIpc) is 3.18. The van der Waals surface area contributed by atoms with Crippen molar-refractivity contribution in [2.45, 2.75) is 32.8 Å². The summed E-state index contributed by atoms with van der Waals surface area (Å²) in [6, 6.07) is 9.86. The predicted octanol–water partition coefficient (Wildman–Crippen LogP) is 2.57. The third-order valence-corrected chi connectivity index (χ3v) is 3.93. The highest BCUT2D eigenvalue weighted by molar-refractivity contribution is 5.81. The van der Waals surface area contributed by atoms with Crippen LogP contribution in [0.1, 0.15) is 25.3 Å². The molecule has 2 aromatic rings. The first-order valence-electron chi connectivity index (χ1n) is 7.72. The fourth-order valence-electron chi connectivity index (χ4n) is 2.69. The summed E-state index contributed by atoms with van der Waals surface area (Å²) in [5, 5.41) is 4.45. The lowest BCUT2D eigenvalue weighted by molar-refractivity contribution is -0.136. The molecule has 1 aromatic heterocycles. The third kappa shape index (κ3) is 2.98. The fourth-order valence-corrected chi connectivity index (χ4v) is 2.69. The standard InChI is InChI=1S/C17H21N3O2/c1-13-12-20(15-8-4-3-5-9-15)18-16(13)22-14(2)17(21)19-10-6-7-11-19/h3-5,8-9,12,14H,6-7,10-11H2,1-2H3. The highest BCUT2D eigenvalue weighted by Crippen LogP contribution is 2.20.